The van der Waals surface area contributed by atoms with Gasteiger partial charge in [-0.05, 0) is 62.5 Å². The van der Waals surface area contributed by atoms with Gasteiger partial charge in [0, 0.05) is 16.6 Å². The fourth-order valence-electron chi connectivity index (χ4n) is 2.31. The summed E-state index contributed by atoms with van der Waals surface area (Å²) in [6.45, 7) is 4.85. The largest absolute Gasteiger partial charge is 0.352 e. The highest BCUT2D eigenvalue weighted by atomic mass is 79.9. The average molecular weight is 311 g/mol. The molecular formula is C14H19BrN2O. The molecule has 0 aliphatic carbocycles. The van der Waals surface area contributed by atoms with E-state index in [9.17, 15) is 4.79 Å². The molecule has 1 saturated heterocycles. The van der Waals surface area contributed by atoms with Crippen LogP contribution in [-0.2, 0) is 0 Å². The summed E-state index contributed by atoms with van der Waals surface area (Å²) in [4.78, 5) is 12.1. The molecule has 0 saturated carbocycles. The predicted molar refractivity (Wildman–Crippen MR) is 76.8 cm³/mol. The van der Waals surface area contributed by atoms with Crippen LogP contribution < -0.4 is 10.6 Å². The van der Waals surface area contributed by atoms with E-state index in [4.69, 9.17) is 0 Å². The third-order valence-electron chi connectivity index (χ3n) is 3.38. The van der Waals surface area contributed by atoms with E-state index in [1.54, 1.807) is 0 Å². The molecule has 1 aliphatic heterocycles. The molecule has 0 aromatic heterocycles. The Labute approximate surface area is 116 Å². The number of benzene rings is 1. The Morgan fingerprint density at radius 1 is 1.56 bits per heavy atom. The van der Waals surface area contributed by atoms with Gasteiger partial charge in [-0.15, -0.1) is 0 Å². The van der Waals surface area contributed by atoms with Crippen LogP contribution in [0.3, 0.4) is 0 Å². The highest BCUT2D eigenvalue weighted by molar-refractivity contribution is 9.10. The second-order valence-electron chi connectivity index (χ2n) is 4.88. The predicted octanol–water partition coefficient (Wildman–Crippen LogP) is 2.49. The van der Waals surface area contributed by atoms with Crippen LogP contribution in [0.15, 0.2) is 22.7 Å². The molecule has 1 aromatic rings. The lowest BCUT2D eigenvalue weighted by molar-refractivity contribution is 0.0944. The molecule has 1 fully saturated rings. The van der Waals surface area contributed by atoms with Gasteiger partial charge in [0.15, 0.2) is 0 Å². The molecule has 2 N–H and O–H groups in total. The number of hydrogen-bond donors (Lipinski definition) is 2. The Bertz CT molecular complexity index is 428. The molecule has 1 atom stereocenters. The van der Waals surface area contributed by atoms with Gasteiger partial charge in [0.1, 0.15) is 0 Å². The quantitative estimate of drug-likeness (QED) is 0.900. The van der Waals surface area contributed by atoms with Crippen molar-refractivity contribution >= 4 is 21.8 Å². The van der Waals surface area contributed by atoms with Gasteiger partial charge in [0.2, 0.25) is 0 Å². The Balaban J connectivity index is 1.90. The lowest BCUT2D eigenvalue weighted by Crippen LogP contribution is -2.38. The molecule has 98 valence electrons. The van der Waals surface area contributed by atoms with Crippen molar-refractivity contribution in [1.82, 2.24) is 10.6 Å². The van der Waals surface area contributed by atoms with Crippen LogP contribution in [-0.4, -0.2) is 25.5 Å². The van der Waals surface area contributed by atoms with Crippen LogP contribution in [0.1, 0.15) is 28.8 Å². The molecule has 2 rings (SSSR count). The van der Waals surface area contributed by atoms with Crippen molar-refractivity contribution in [2.75, 3.05) is 19.6 Å². The summed E-state index contributed by atoms with van der Waals surface area (Å²) in [5, 5.41) is 6.39. The number of rotatable bonds is 3. The smallest absolute Gasteiger partial charge is 0.251 e. The minimum Gasteiger partial charge on any atom is -0.352 e. The molecule has 0 bridgehead atoms. The standard InChI is InChI=1S/C14H19BrN2O/c1-10-7-12(15)4-5-13(10)14(18)17-9-11-3-2-6-16-8-11/h4-5,7,11,16H,2-3,6,8-9H2,1H3,(H,17,18). The number of amides is 1. The fraction of sp³-hybridized carbons (Fsp3) is 0.500. The minimum absolute atomic E-state index is 0.0329. The summed E-state index contributed by atoms with van der Waals surface area (Å²) in [5.74, 6) is 0.601. The van der Waals surface area contributed by atoms with Gasteiger partial charge in [-0.2, -0.15) is 0 Å². The first-order chi connectivity index (χ1) is 8.66. The zero-order valence-corrected chi connectivity index (χ0v) is 12.2. The first-order valence-electron chi connectivity index (χ1n) is 6.42. The number of carbonyl (C=O) groups excluding carboxylic acids is 1. The summed E-state index contributed by atoms with van der Waals surface area (Å²) in [7, 11) is 0. The summed E-state index contributed by atoms with van der Waals surface area (Å²) >= 11 is 3.41. The van der Waals surface area contributed by atoms with Crippen LogP contribution in [0, 0.1) is 12.8 Å². The van der Waals surface area contributed by atoms with Gasteiger partial charge in [0.25, 0.3) is 5.91 Å². The highest BCUT2D eigenvalue weighted by Gasteiger charge is 2.15. The maximum atomic E-state index is 12.1. The molecule has 18 heavy (non-hydrogen) atoms. The number of nitrogens with one attached hydrogen (secondary N) is 2. The normalized spacial score (nSPS) is 19.6. The van der Waals surface area contributed by atoms with Gasteiger partial charge in [-0.3, -0.25) is 4.79 Å². The molecule has 1 amide bonds. The zero-order chi connectivity index (χ0) is 13.0. The van der Waals surface area contributed by atoms with E-state index in [1.165, 1.54) is 12.8 Å². The maximum absolute atomic E-state index is 12.1. The minimum atomic E-state index is 0.0329. The fourth-order valence-corrected chi connectivity index (χ4v) is 2.79. The van der Waals surface area contributed by atoms with Crippen LogP contribution in [0.5, 0.6) is 0 Å². The van der Waals surface area contributed by atoms with Crippen molar-refractivity contribution in [3.05, 3.63) is 33.8 Å². The maximum Gasteiger partial charge on any atom is 0.251 e. The second-order valence-corrected chi connectivity index (χ2v) is 5.80. The molecule has 1 unspecified atom stereocenters. The summed E-state index contributed by atoms with van der Waals surface area (Å²) < 4.78 is 1.01. The summed E-state index contributed by atoms with van der Waals surface area (Å²) in [6, 6.07) is 5.75. The number of aryl methyl sites for hydroxylation is 1. The van der Waals surface area contributed by atoms with E-state index in [2.05, 4.69) is 26.6 Å². The van der Waals surface area contributed by atoms with E-state index in [1.807, 2.05) is 25.1 Å². The Hall–Kier alpha value is -0.870. The number of piperidine rings is 1. The van der Waals surface area contributed by atoms with Crippen LogP contribution in [0.4, 0.5) is 0 Å². The van der Waals surface area contributed by atoms with Crippen molar-refractivity contribution in [3.8, 4) is 0 Å². The van der Waals surface area contributed by atoms with Gasteiger partial charge in [-0.25, -0.2) is 0 Å². The van der Waals surface area contributed by atoms with E-state index < -0.39 is 0 Å². The van der Waals surface area contributed by atoms with Crippen molar-refractivity contribution in [1.29, 1.82) is 0 Å². The van der Waals surface area contributed by atoms with E-state index in [0.29, 0.717) is 5.92 Å². The van der Waals surface area contributed by atoms with Crippen LogP contribution >= 0.6 is 15.9 Å². The molecular weight excluding hydrogens is 292 g/mol. The van der Waals surface area contributed by atoms with Gasteiger partial charge >= 0.3 is 0 Å². The molecule has 1 aliphatic rings. The number of carbonyl (C=O) groups is 1. The zero-order valence-electron chi connectivity index (χ0n) is 10.6. The highest BCUT2D eigenvalue weighted by Crippen LogP contribution is 2.16. The summed E-state index contributed by atoms with van der Waals surface area (Å²) in [6.07, 6.45) is 2.41. The molecule has 1 heterocycles. The third-order valence-corrected chi connectivity index (χ3v) is 3.88. The summed E-state index contributed by atoms with van der Waals surface area (Å²) in [5.41, 5.74) is 1.77. The Kier molecular flexibility index (Phi) is 4.78. The average Bonchev–Trinajstić information content (AvgIpc) is 2.37. The van der Waals surface area contributed by atoms with Crippen molar-refractivity contribution in [2.24, 2.45) is 5.92 Å². The molecule has 4 heteroatoms. The van der Waals surface area contributed by atoms with Crippen LogP contribution in [0.2, 0.25) is 0 Å². The first-order valence-corrected chi connectivity index (χ1v) is 7.21. The van der Waals surface area contributed by atoms with Gasteiger partial charge in [-0.1, -0.05) is 15.9 Å². The van der Waals surface area contributed by atoms with E-state index in [0.717, 1.165) is 35.2 Å². The second kappa shape index (κ2) is 6.34. The van der Waals surface area contributed by atoms with Crippen LogP contribution in [0.25, 0.3) is 0 Å². The lowest BCUT2D eigenvalue weighted by Gasteiger charge is -2.23. The molecule has 1 aromatic carbocycles. The third kappa shape index (κ3) is 3.56. The van der Waals surface area contributed by atoms with Crippen molar-refractivity contribution in [2.45, 2.75) is 19.8 Å². The molecule has 3 nitrogen and oxygen atoms in total. The molecule has 0 radical (unpaired) electrons. The van der Waals surface area contributed by atoms with Crippen molar-refractivity contribution in [3.63, 3.8) is 0 Å². The number of halogens is 1. The van der Waals surface area contributed by atoms with E-state index in [-0.39, 0.29) is 5.91 Å². The number of hydrogen-bond acceptors (Lipinski definition) is 2. The molecule has 0 spiro atoms. The lowest BCUT2D eigenvalue weighted by atomic mass is 9.99. The first kappa shape index (κ1) is 13.6. The van der Waals surface area contributed by atoms with Crippen molar-refractivity contribution < 1.29 is 4.79 Å². The van der Waals surface area contributed by atoms with Gasteiger partial charge < -0.3 is 10.6 Å². The Morgan fingerprint density at radius 2 is 2.39 bits per heavy atom. The Morgan fingerprint density at radius 3 is 3.06 bits per heavy atom. The van der Waals surface area contributed by atoms with Gasteiger partial charge in [0.05, 0.1) is 0 Å². The monoisotopic (exact) mass is 310 g/mol. The SMILES string of the molecule is Cc1cc(Br)ccc1C(=O)NCC1CCCNC1. The van der Waals surface area contributed by atoms with E-state index >= 15 is 0 Å². The topological polar surface area (TPSA) is 41.1 Å².